The minimum absolute atomic E-state index is 0.0182. The van der Waals surface area contributed by atoms with E-state index in [1.807, 2.05) is 6.92 Å². The van der Waals surface area contributed by atoms with E-state index in [0.717, 1.165) is 6.42 Å². The lowest BCUT2D eigenvalue weighted by Crippen LogP contribution is -2.18. The molecule has 1 fully saturated rings. The van der Waals surface area contributed by atoms with Gasteiger partial charge < -0.3 is 19.5 Å². The number of carbonyl (C=O) groups is 2. The largest absolute Gasteiger partial charge is 0.493 e. The number of carbonyl (C=O) groups excluding carboxylic acids is 2. The molecular weight excluding hydrogens is 384 g/mol. The topological polar surface area (TPSA) is 86.8 Å². The Morgan fingerprint density at radius 1 is 1.21 bits per heavy atom. The zero-order chi connectivity index (χ0) is 20.3. The van der Waals surface area contributed by atoms with Crippen molar-refractivity contribution in [2.24, 2.45) is 11.8 Å². The Morgan fingerprint density at radius 2 is 1.89 bits per heavy atom. The average Bonchev–Trinajstić information content (AvgIpc) is 3.43. The first-order valence-corrected chi connectivity index (χ1v) is 9.15. The summed E-state index contributed by atoms with van der Waals surface area (Å²) >= 11 is 5.76. The van der Waals surface area contributed by atoms with Gasteiger partial charge in [0, 0.05) is 29.8 Å². The molecule has 1 aliphatic rings. The van der Waals surface area contributed by atoms with Gasteiger partial charge in [-0.3, -0.25) is 4.79 Å². The van der Waals surface area contributed by atoms with Crippen LogP contribution in [0.25, 0.3) is 0 Å². The average molecular weight is 405 g/mol. The van der Waals surface area contributed by atoms with Crippen molar-refractivity contribution in [1.82, 2.24) is 4.98 Å². The van der Waals surface area contributed by atoms with E-state index in [1.54, 1.807) is 18.2 Å². The molecule has 0 bridgehead atoms. The quantitative estimate of drug-likeness (QED) is 0.559. The molecule has 1 aliphatic carbocycles. The predicted molar refractivity (Wildman–Crippen MR) is 104 cm³/mol. The minimum Gasteiger partial charge on any atom is -0.493 e. The summed E-state index contributed by atoms with van der Waals surface area (Å²) in [5.41, 5.74) is 1.19. The number of halogens is 1. The van der Waals surface area contributed by atoms with Gasteiger partial charge >= 0.3 is 5.97 Å². The predicted octanol–water partition coefficient (Wildman–Crippen LogP) is 3.70. The molecule has 1 aromatic heterocycles. The molecule has 0 saturated heterocycles. The molecule has 28 heavy (non-hydrogen) atoms. The zero-order valence-corrected chi connectivity index (χ0v) is 16.6. The number of ether oxygens (including phenoxy) is 3. The van der Waals surface area contributed by atoms with Gasteiger partial charge in [-0.15, -0.1) is 0 Å². The second-order valence-corrected chi connectivity index (χ2v) is 7.01. The normalized spacial score (nSPS) is 17.6. The number of pyridine rings is 1. The maximum atomic E-state index is 12.7. The summed E-state index contributed by atoms with van der Waals surface area (Å²) in [5.74, 6) is 0.330. The number of benzene rings is 1. The first kappa shape index (κ1) is 19.9. The van der Waals surface area contributed by atoms with Crippen LogP contribution < -0.4 is 14.8 Å². The molecule has 8 heteroatoms. The lowest BCUT2D eigenvalue weighted by atomic mass is 10.1. The number of amides is 1. The molecule has 0 radical (unpaired) electrons. The Hall–Kier alpha value is -2.80. The second kappa shape index (κ2) is 8.48. The highest BCUT2D eigenvalue weighted by Crippen LogP contribution is 2.40. The first-order chi connectivity index (χ1) is 13.4. The third-order valence-corrected chi connectivity index (χ3v) is 4.83. The van der Waals surface area contributed by atoms with E-state index in [9.17, 15) is 9.59 Å². The molecule has 0 aliphatic heterocycles. The van der Waals surface area contributed by atoms with E-state index in [-0.39, 0.29) is 24.0 Å². The third kappa shape index (κ3) is 4.54. The highest BCUT2D eigenvalue weighted by Gasteiger charge is 2.39. The van der Waals surface area contributed by atoms with Crippen LogP contribution in [0.3, 0.4) is 0 Å². The number of nitrogens with one attached hydrogen (secondary N) is 1. The van der Waals surface area contributed by atoms with Gasteiger partial charge in [0.1, 0.15) is 11.8 Å². The summed E-state index contributed by atoms with van der Waals surface area (Å²) in [6, 6.07) is 6.38. The van der Waals surface area contributed by atoms with Crippen LogP contribution >= 0.6 is 11.6 Å². The Bertz CT molecular complexity index is 885. The maximum Gasteiger partial charge on any atom is 0.340 e. The van der Waals surface area contributed by atoms with E-state index in [2.05, 4.69) is 10.3 Å². The molecule has 2 aromatic rings. The lowest BCUT2D eigenvalue weighted by Gasteiger charge is -2.15. The van der Waals surface area contributed by atoms with Gasteiger partial charge in [-0.05, 0) is 18.4 Å². The van der Waals surface area contributed by atoms with E-state index < -0.39 is 5.97 Å². The van der Waals surface area contributed by atoms with Crippen LogP contribution in [0.5, 0.6) is 11.5 Å². The van der Waals surface area contributed by atoms with Crippen LogP contribution in [0.4, 0.5) is 5.69 Å². The Balaban J connectivity index is 1.82. The monoisotopic (exact) mass is 404 g/mol. The van der Waals surface area contributed by atoms with Crippen molar-refractivity contribution < 1.29 is 23.8 Å². The van der Waals surface area contributed by atoms with Gasteiger partial charge in [-0.25, -0.2) is 9.78 Å². The van der Waals surface area contributed by atoms with E-state index in [4.69, 9.17) is 25.8 Å². The number of hydrogen-bond donors (Lipinski definition) is 1. The Labute approximate surface area is 168 Å². The zero-order valence-electron chi connectivity index (χ0n) is 15.8. The van der Waals surface area contributed by atoms with Crippen LogP contribution in [-0.2, 0) is 16.1 Å². The highest BCUT2D eigenvalue weighted by atomic mass is 35.5. The van der Waals surface area contributed by atoms with Gasteiger partial charge in [0.2, 0.25) is 5.91 Å². The van der Waals surface area contributed by atoms with E-state index >= 15 is 0 Å². The lowest BCUT2D eigenvalue weighted by molar-refractivity contribution is -0.117. The van der Waals surface area contributed by atoms with Crippen molar-refractivity contribution in [3.63, 3.8) is 0 Å². The molecule has 2 unspecified atom stereocenters. The molecule has 1 heterocycles. The number of methoxy groups -OCH3 is 2. The van der Waals surface area contributed by atoms with Gasteiger partial charge in [-0.2, -0.15) is 0 Å². The second-order valence-electron chi connectivity index (χ2n) is 6.63. The Kier molecular flexibility index (Phi) is 6.04. The van der Waals surface area contributed by atoms with Gasteiger partial charge in [0.25, 0.3) is 0 Å². The molecule has 7 nitrogen and oxygen atoms in total. The fraction of sp³-hybridized carbons (Fsp3) is 0.350. The summed E-state index contributed by atoms with van der Waals surface area (Å²) in [5, 5.41) is 3.17. The van der Waals surface area contributed by atoms with Gasteiger partial charge in [0.15, 0.2) is 11.5 Å². The van der Waals surface area contributed by atoms with E-state index in [0.29, 0.717) is 33.8 Å². The number of esters is 1. The maximum absolute atomic E-state index is 12.7. The summed E-state index contributed by atoms with van der Waals surface area (Å²) < 4.78 is 15.9. The molecule has 148 valence electrons. The standard InChI is InChI=1S/C20H21ClN2O5/c1-11-6-13(11)19(24)23-15-8-17(27-3)16(26-2)7-14(15)20(25)28-10-12-4-5-18(21)22-9-12/h4-5,7-9,11,13H,6,10H2,1-3H3,(H,23,24). The molecule has 3 rings (SSSR count). The summed E-state index contributed by atoms with van der Waals surface area (Å²) in [6.07, 6.45) is 2.36. The van der Waals surface area contributed by atoms with Gasteiger partial charge in [0.05, 0.1) is 25.5 Å². The summed E-state index contributed by atoms with van der Waals surface area (Å²) in [7, 11) is 2.95. The molecule has 0 spiro atoms. The number of nitrogens with zero attached hydrogens (tertiary/aromatic N) is 1. The number of hydrogen-bond acceptors (Lipinski definition) is 6. The van der Waals surface area contributed by atoms with Crippen LogP contribution in [0.2, 0.25) is 5.15 Å². The molecular formula is C20H21ClN2O5. The smallest absolute Gasteiger partial charge is 0.340 e. The van der Waals surface area contributed by atoms with Gasteiger partial charge in [-0.1, -0.05) is 24.6 Å². The fourth-order valence-electron chi connectivity index (χ4n) is 2.78. The van der Waals surface area contributed by atoms with Crippen LogP contribution in [0.15, 0.2) is 30.5 Å². The van der Waals surface area contributed by atoms with Crippen LogP contribution in [0, 0.1) is 11.8 Å². The van der Waals surface area contributed by atoms with Crippen molar-refractivity contribution in [2.45, 2.75) is 20.0 Å². The number of anilines is 1. The highest BCUT2D eigenvalue weighted by molar-refractivity contribution is 6.29. The van der Waals surface area contributed by atoms with Crippen molar-refractivity contribution in [2.75, 3.05) is 19.5 Å². The molecule has 1 saturated carbocycles. The summed E-state index contributed by atoms with van der Waals surface area (Å²) in [6.45, 7) is 2.03. The molecule has 1 amide bonds. The summed E-state index contributed by atoms with van der Waals surface area (Å²) in [4.78, 5) is 29.0. The molecule has 1 N–H and O–H groups in total. The number of aromatic nitrogens is 1. The Morgan fingerprint density at radius 3 is 2.46 bits per heavy atom. The van der Waals surface area contributed by atoms with E-state index in [1.165, 1.54) is 26.5 Å². The fourth-order valence-corrected chi connectivity index (χ4v) is 2.89. The molecule has 2 atom stereocenters. The third-order valence-electron chi connectivity index (χ3n) is 4.61. The van der Waals surface area contributed by atoms with Crippen molar-refractivity contribution in [1.29, 1.82) is 0 Å². The molecule has 1 aromatic carbocycles. The SMILES string of the molecule is COc1cc(NC(=O)C2CC2C)c(C(=O)OCc2ccc(Cl)nc2)cc1OC. The minimum atomic E-state index is -0.602. The van der Waals surface area contributed by atoms with Crippen molar-refractivity contribution in [3.05, 3.63) is 46.7 Å². The van der Waals surface area contributed by atoms with Crippen molar-refractivity contribution in [3.8, 4) is 11.5 Å². The van der Waals surface area contributed by atoms with Crippen LogP contribution in [0.1, 0.15) is 29.3 Å². The number of rotatable bonds is 7. The van der Waals surface area contributed by atoms with Crippen molar-refractivity contribution >= 4 is 29.2 Å². The van der Waals surface area contributed by atoms with Crippen LogP contribution in [-0.4, -0.2) is 31.1 Å². The first-order valence-electron chi connectivity index (χ1n) is 8.77.